The summed E-state index contributed by atoms with van der Waals surface area (Å²) in [4.78, 5) is 23.2. The van der Waals surface area contributed by atoms with Gasteiger partial charge in [-0.25, -0.2) is 24.0 Å². The van der Waals surface area contributed by atoms with E-state index >= 15 is 0 Å². The van der Waals surface area contributed by atoms with E-state index < -0.39 is 12.7 Å². The molecule has 2 saturated carbocycles. The van der Waals surface area contributed by atoms with Crippen molar-refractivity contribution in [3.8, 4) is 22.3 Å². The minimum absolute atomic E-state index is 0.0539. The lowest BCUT2D eigenvalue weighted by atomic mass is 9.85. The van der Waals surface area contributed by atoms with Crippen LogP contribution in [0.25, 0.3) is 33.3 Å². The number of nitrogens with one attached hydrogen (secondary N) is 2. The number of aliphatic hydroxyl groups excluding tert-OH is 1. The molecule has 3 N–H and O–H groups in total. The van der Waals surface area contributed by atoms with Crippen molar-refractivity contribution in [2.45, 2.75) is 114 Å². The monoisotopic (exact) mass is 925 g/mol. The number of pyridine rings is 1. The van der Waals surface area contributed by atoms with Gasteiger partial charge in [0.1, 0.15) is 5.82 Å². The summed E-state index contributed by atoms with van der Waals surface area (Å²) in [5.41, 5.74) is 8.03. The molecule has 0 radical (unpaired) electrons. The minimum Gasteiger partial charge on any atom is -0.393 e. The number of nitrogens with zero attached hydrogens (tertiary/aromatic N) is 11. The van der Waals surface area contributed by atoms with Gasteiger partial charge in [0.25, 0.3) is 0 Å². The molecule has 10 rings (SSSR count). The van der Waals surface area contributed by atoms with E-state index in [1.54, 1.807) is 20.2 Å². The average molecular weight is 926 g/mol. The lowest BCUT2D eigenvalue weighted by Crippen LogP contribution is -2.48. The number of anilines is 3. The Labute approximate surface area is 387 Å². The predicted molar refractivity (Wildman–Crippen MR) is 247 cm³/mol. The average Bonchev–Trinajstić information content (AvgIpc) is 4.05. The number of fused-ring (bicyclic) bond motifs is 2. The smallest absolute Gasteiger partial charge is 0.345 e. The van der Waals surface area contributed by atoms with Crippen LogP contribution in [-0.2, 0) is 19.0 Å². The number of hydroxylamine groups is 2. The molecule has 6 aromatic heterocycles. The Hall–Kier alpha value is -5.38. The first-order valence-corrected chi connectivity index (χ1v) is 23.8. The highest BCUT2D eigenvalue weighted by molar-refractivity contribution is 5.82. The molecule has 2 aliphatic carbocycles. The van der Waals surface area contributed by atoms with Gasteiger partial charge in [0.2, 0.25) is 11.9 Å². The Bertz CT molecular complexity index is 2580. The van der Waals surface area contributed by atoms with Crippen LogP contribution in [0.2, 0.25) is 0 Å². The molecule has 2 aliphatic heterocycles. The lowest BCUT2D eigenvalue weighted by molar-refractivity contribution is -0.207. The summed E-state index contributed by atoms with van der Waals surface area (Å²) in [6.45, 7) is 5.75. The van der Waals surface area contributed by atoms with Gasteiger partial charge < -0.3 is 34.9 Å². The predicted octanol–water partition coefficient (Wildman–Crippen LogP) is 6.55. The quantitative estimate of drug-likeness (QED) is 0.0896. The van der Waals surface area contributed by atoms with Gasteiger partial charge in [-0.1, -0.05) is 0 Å². The maximum absolute atomic E-state index is 12.7. The Morgan fingerprint density at radius 2 is 1.36 bits per heavy atom. The van der Waals surface area contributed by atoms with Gasteiger partial charge >= 0.3 is 6.61 Å². The largest absolute Gasteiger partial charge is 0.393 e. The highest BCUT2D eigenvalue weighted by Crippen LogP contribution is 2.40. The first-order valence-electron chi connectivity index (χ1n) is 23.8. The number of aliphatic hydroxyl groups is 1. The second kappa shape index (κ2) is 20.1. The molecule has 358 valence electrons. The summed E-state index contributed by atoms with van der Waals surface area (Å²) in [6.07, 6.45) is 16.5. The zero-order valence-corrected chi connectivity index (χ0v) is 38.4. The van der Waals surface area contributed by atoms with E-state index in [2.05, 4.69) is 70.9 Å². The first kappa shape index (κ1) is 45.4. The summed E-state index contributed by atoms with van der Waals surface area (Å²) in [7, 11) is 1.68. The highest BCUT2D eigenvalue weighted by Gasteiger charge is 2.31. The molecule has 18 nitrogen and oxygen atoms in total. The summed E-state index contributed by atoms with van der Waals surface area (Å²) in [5, 5.41) is 33.3. The standard InChI is InChI=1S/C47H61F2N13O5/c1-29(25-64-3)54-46-51-22-42-38(18-40(61(42)56-46)31-4-9-36(63)10-5-31)33-8-13-44(50-20-33)58-14-16-59(17-15-58)67-37-11-6-32(7-12-37)41-19-39(34-21-53-60(24-34)35-27-65-28-35)43-23-52-47(57-62(41)43)55-30(2)26-66-45(48)49/h8,13,18-24,29-32,35-37,45,63H,4-7,9-12,14-17,25-28H2,1-3H3,(H,54,56)(H,55,57)/t29-,30-,31?,32?,36?,37?/m0/s1. The number of ether oxygens (including phenoxy) is 3. The van der Waals surface area contributed by atoms with Gasteiger partial charge in [0, 0.05) is 103 Å². The molecule has 0 bridgehead atoms. The van der Waals surface area contributed by atoms with Crippen LogP contribution < -0.4 is 15.5 Å². The SMILES string of the molecule is COC[C@H](C)Nc1ncc2c(-c3ccc(N4CCN(OC5CCC(c6cc(-c7cnn(C8COC8)c7)c7cnc(N[C@@H](C)COC(F)F)nn67)CC5)CC4)nc3)cc(C3CCC(O)CC3)n2n1. The molecule has 0 unspecified atom stereocenters. The molecular formula is C47H61F2N13O5. The number of hydrogen-bond acceptors (Lipinski definition) is 15. The topological polar surface area (TPSA) is 179 Å². The van der Waals surface area contributed by atoms with Crippen LogP contribution in [0, 0.1) is 0 Å². The van der Waals surface area contributed by atoms with Crippen LogP contribution in [-0.4, -0.2) is 145 Å². The van der Waals surface area contributed by atoms with Crippen LogP contribution in [0.3, 0.4) is 0 Å². The Kier molecular flexibility index (Phi) is 13.6. The van der Waals surface area contributed by atoms with E-state index in [1.807, 2.05) is 39.2 Å². The molecule has 2 atom stereocenters. The fourth-order valence-electron chi connectivity index (χ4n) is 10.1. The second-order valence-corrected chi connectivity index (χ2v) is 18.7. The molecule has 67 heavy (non-hydrogen) atoms. The van der Waals surface area contributed by atoms with Crippen molar-refractivity contribution in [3.05, 3.63) is 66.6 Å². The first-order chi connectivity index (χ1) is 32.6. The number of hydrogen-bond donors (Lipinski definition) is 3. The van der Waals surface area contributed by atoms with Crippen molar-refractivity contribution >= 4 is 28.7 Å². The maximum Gasteiger partial charge on any atom is 0.345 e. The normalized spacial score (nSPS) is 22.9. The van der Waals surface area contributed by atoms with E-state index in [0.717, 1.165) is 128 Å². The number of aromatic nitrogens is 9. The highest BCUT2D eigenvalue weighted by atomic mass is 19.3. The van der Waals surface area contributed by atoms with Crippen molar-refractivity contribution in [1.29, 1.82) is 0 Å². The third-order valence-corrected chi connectivity index (χ3v) is 13.8. The van der Waals surface area contributed by atoms with E-state index in [9.17, 15) is 13.9 Å². The number of methoxy groups -OCH3 is 1. The summed E-state index contributed by atoms with van der Waals surface area (Å²) in [6, 6.07) is 8.56. The Balaban J connectivity index is 0.772. The zero-order valence-electron chi connectivity index (χ0n) is 38.4. The summed E-state index contributed by atoms with van der Waals surface area (Å²) in [5.74, 6) is 2.36. The van der Waals surface area contributed by atoms with Crippen molar-refractivity contribution in [2.24, 2.45) is 0 Å². The fraction of sp³-hybridized carbons (Fsp3) is 0.574. The van der Waals surface area contributed by atoms with Crippen molar-refractivity contribution in [3.63, 3.8) is 0 Å². The van der Waals surface area contributed by atoms with Crippen molar-refractivity contribution in [1.82, 2.24) is 49.0 Å². The minimum atomic E-state index is -2.84. The number of piperazine rings is 1. The van der Waals surface area contributed by atoms with Gasteiger partial charge in [0.05, 0.1) is 74.3 Å². The molecule has 4 fully saturated rings. The number of halogens is 2. The Morgan fingerprint density at radius 3 is 1.93 bits per heavy atom. The third kappa shape index (κ3) is 10.1. The van der Waals surface area contributed by atoms with Gasteiger partial charge in [-0.15, -0.1) is 10.2 Å². The van der Waals surface area contributed by atoms with E-state index in [4.69, 9.17) is 29.5 Å². The molecular weight excluding hydrogens is 865 g/mol. The Morgan fingerprint density at radius 1 is 0.746 bits per heavy atom. The second-order valence-electron chi connectivity index (χ2n) is 18.7. The molecule has 0 spiro atoms. The molecule has 8 heterocycles. The zero-order chi connectivity index (χ0) is 46.0. The van der Waals surface area contributed by atoms with Crippen LogP contribution in [0.5, 0.6) is 0 Å². The molecule has 4 aliphatic rings. The fourth-order valence-corrected chi connectivity index (χ4v) is 10.1. The summed E-state index contributed by atoms with van der Waals surface area (Å²) < 4.78 is 46.6. The van der Waals surface area contributed by atoms with E-state index in [-0.39, 0.29) is 36.8 Å². The molecule has 0 aromatic carbocycles. The molecule has 2 saturated heterocycles. The van der Waals surface area contributed by atoms with Gasteiger partial charge in [0.15, 0.2) is 0 Å². The third-order valence-electron chi connectivity index (χ3n) is 13.8. The van der Waals surface area contributed by atoms with E-state index in [0.29, 0.717) is 37.6 Å². The van der Waals surface area contributed by atoms with Gasteiger partial charge in [-0.05, 0) is 89.5 Å². The van der Waals surface area contributed by atoms with Crippen molar-refractivity contribution in [2.75, 3.05) is 75.2 Å². The molecule has 0 amide bonds. The van der Waals surface area contributed by atoms with Crippen LogP contribution in [0.4, 0.5) is 26.5 Å². The van der Waals surface area contributed by atoms with Crippen LogP contribution in [0.1, 0.15) is 94.5 Å². The van der Waals surface area contributed by atoms with Crippen LogP contribution >= 0.6 is 0 Å². The van der Waals surface area contributed by atoms with Gasteiger partial charge in [-0.3, -0.25) is 9.52 Å². The number of rotatable bonds is 17. The van der Waals surface area contributed by atoms with E-state index in [1.165, 1.54) is 0 Å². The maximum atomic E-state index is 12.7. The van der Waals surface area contributed by atoms with Crippen molar-refractivity contribution < 1.29 is 32.9 Å². The molecule has 20 heteroatoms. The van der Waals surface area contributed by atoms with Crippen LogP contribution in [0.15, 0.2) is 55.2 Å². The lowest BCUT2D eigenvalue weighted by Gasteiger charge is -2.38. The number of alkyl halides is 2. The summed E-state index contributed by atoms with van der Waals surface area (Å²) >= 11 is 0. The molecule has 6 aromatic rings. The van der Waals surface area contributed by atoms with Gasteiger partial charge in [-0.2, -0.15) is 18.9 Å².